The van der Waals surface area contributed by atoms with Crippen molar-refractivity contribution in [2.24, 2.45) is 4.99 Å². The van der Waals surface area contributed by atoms with Crippen molar-refractivity contribution >= 4 is 23.3 Å². The van der Waals surface area contributed by atoms with E-state index in [2.05, 4.69) is 0 Å². The molecule has 4 aromatic rings. The van der Waals surface area contributed by atoms with E-state index in [4.69, 9.17) is 19.2 Å². The van der Waals surface area contributed by atoms with E-state index in [1.165, 1.54) is 23.5 Å². The van der Waals surface area contributed by atoms with Gasteiger partial charge in [-0.1, -0.05) is 35.6 Å². The van der Waals surface area contributed by atoms with Gasteiger partial charge in [0.1, 0.15) is 35.7 Å². The highest BCUT2D eigenvalue weighted by molar-refractivity contribution is 7.07. The number of allylic oxidation sites excluding steroid dienone is 1. The number of fused-ring (bicyclic) bond motifs is 1. The van der Waals surface area contributed by atoms with E-state index in [0.717, 1.165) is 11.1 Å². The molecule has 0 bridgehead atoms. The number of likely N-dealkylation sites (N-methyl/N-ethyl adjacent to an activating group) is 1. The highest BCUT2D eigenvalue weighted by atomic mass is 32.1. The number of amides is 1. The molecule has 1 amide bonds. The third-order valence-corrected chi connectivity index (χ3v) is 8.51. The fourth-order valence-electron chi connectivity index (χ4n) is 5.18. The number of carbonyl (C=O) groups excluding carboxylic acids is 1. The highest BCUT2D eigenvalue weighted by Crippen LogP contribution is 2.38. The van der Waals surface area contributed by atoms with Crippen LogP contribution < -0.4 is 29.1 Å². The van der Waals surface area contributed by atoms with Gasteiger partial charge < -0.3 is 19.1 Å². The number of rotatable bonds is 10. The standard InChI is InChI=1S/C34H34FN3O5S/c1-6-37(7-2)33(40)30-21(3)36-34-38(31(30)27-19-26(41-4)16-17-28(27)42-5)32(39)29(44-34)18-22-10-14-25(15-11-22)43-20-23-8-12-24(35)13-9-23/h8-19,31H,6-7,20H2,1-5H3/b29-18+/t31-/m0/s1. The number of methoxy groups -OCH3 is 2. The van der Waals surface area contributed by atoms with Crippen LogP contribution in [0.15, 0.2) is 87.8 Å². The Morgan fingerprint density at radius 2 is 1.68 bits per heavy atom. The molecule has 8 nitrogen and oxygen atoms in total. The fraction of sp³-hybridized carbons (Fsp3) is 0.265. The lowest BCUT2D eigenvalue weighted by atomic mass is 9.93. The molecule has 0 saturated carbocycles. The average molecular weight is 616 g/mol. The Labute approximate surface area is 259 Å². The van der Waals surface area contributed by atoms with Crippen LogP contribution in [0.5, 0.6) is 17.2 Å². The second-order valence-electron chi connectivity index (χ2n) is 10.2. The van der Waals surface area contributed by atoms with Crippen LogP contribution in [0.3, 0.4) is 0 Å². The van der Waals surface area contributed by atoms with Gasteiger partial charge in [0, 0.05) is 18.7 Å². The fourth-order valence-corrected chi connectivity index (χ4v) is 6.23. The topological polar surface area (TPSA) is 82.4 Å². The van der Waals surface area contributed by atoms with Crippen molar-refractivity contribution in [2.75, 3.05) is 27.3 Å². The van der Waals surface area contributed by atoms with Gasteiger partial charge in [-0.25, -0.2) is 9.38 Å². The van der Waals surface area contributed by atoms with Crippen LogP contribution in [0.4, 0.5) is 4.39 Å². The minimum absolute atomic E-state index is 0.184. The maximum atomic E-state index is 14.1. The second kappa shape index (κ2) is 13.3. The number of carbonyl (C=O) groups is 1. The van der Waals surface area contributed by atoms with Crippen LogP contribution >= 0.6 is 11.3 Å². The third-order valence-electron chi connectivity index (χ3n) is 7.53. The van der Waals surface area contributed by atoms with Crippen molar-refractivity contribution in [3.63, 3.8) is 0 Å². The Bertz CT molecular complexity index is 1870. The SMILES string of the molecule is CCN(CC)C(=O)C1=C(C)N=c2s/c(=C/c3ccc(OCc4ccc(F)cc4)cc3)c(=O)n2[C@H]1c1cc(OC)ccc1OC. The van der Waals surface area contributed by atoms with Gasteiger partial charge in [-0.05, 0) is 80.4 Å². The Morgan fingerprint density at radius 3 is 2.32 bits per heavy atom. The number of thiazole rings is 1. The summed E-state index contributed by atoms with van der Waals surface area (Å²) < 4.78 is 32.3. The normalized spacial score (nSPS) is 14.6. The van der Waals surface area contributed by atoms with Gasteiger partial charge in [0.2, 0.25) is 0 Å². The average Bonchev–Trinajstić information content (AvgIpc) is 3.34. The van der Waals surface area contributed by atoms with Crippen molar-refractivity contribution < 1.29 is 23.4 Å². The second-order valence-corrected chi connectivity index (χ2v) is 11.2. The molecular formula is C34H34FN3O5S. The molecule has 1 aliphatic rings. The molecule has 0 saturated heterocycles. The van der Waals surface area contributed by atoms with E-state index in [-0.39, 0.29) is 17.3 Å². The molecule has 0 unspecified atom stereocenters. The number of ether oxygens (including phenoxy) is 3. The van der Waals surface area contributed by atoms with E-state index in [9.17, 15) is 14.0 Å². The summed E-state index contributed by atoms with van der Waals surface area (Å²) in [6.45, 7) is 6.99. The molecule has 44 heavy (non-hydrogen) atoms. The van der Waals surface area contributed by atoms with Crippen LogP contribution in [0, 0.1) is 5.82 Å². The molecule has 228 valence electrons. The number of nitrogens with zero attached hydrogens (tertiary/aromatic N) is 3. The monoisotopic (exact) mass is 615 g/mol. The first kappa shape index (κ1) is 30.7. The summed E-state index contributed by atoms with van der Waals surface area (Å²) in [6.07, 6.45) is 1.80. The molecule has 3 aromatic carbocycles. The molecule has 0 radical (unpaired) electrons. The quantitative estimate of drug-likeness (QED) is 0.255. The van der Waals surface area contributed by atoms with Gasteiger partial charge in [-0.3, -0.25) is 14.2 Å². The van der Waals surface area contributed by atoms with Crippen LogP contribution in [0.25, 0.3) is 6.08 Å². The highest BCUT2D eigenvalue weighted by Gasteiger charge is 2.36. The summed E-state index contributed by atoms with van der Waals surface area (Å²) in [5.41, 5.74) is 2.99. The van der Waals surface area contributed by atoms with E-state index >= 15 is 0 Å². The molecule has 0 spiro atoms. The lowest BCUT2D eigenvalue weighted by Crippen LogP contribution is -2.43. The molecule has 0 fully saturated rings. The van der Waals surface area contributed by atoms with Crippen LogP contribution in [-0.2, 0) is 11.4 Å². The Kier molecular flexibility index (Phi) is 9.29. The first-order valence-electron chi connectivity index (χ1n) is 14.3. The molecule has 1 aromatic heterocycles. The Hall–Kier alpha value is -4.70. The van der Waals surface area contributed by atoms with Crippen molar-refractivity contribution in [3.8, 4) is 17.2 Å². The number of hydrogen-bond acceptors (Lipinski definition) is 7. The smallest absolute Gasteiger partial charge is 0.271 e. The minimum atomic E-state index is -0.770. The molecular weight excluding hydrogens is 581 g/mol. The summed E-state index contributed by atoms with van der Waals surface area (Å²) >= 11 is 1.26. The van der Waals surface area contributed by atoms with Crippen molar-refractivity contribution in [1.82, 2.24) is 9.47 Å². The van der Waals surface area contributed by atoms with Gasteiger partial charge in [0.15, 0.2) is 4.80 Å². The third kappa shape index (κ3) is 6.16. The maximum absolute atomic E-state index is 14.1. The van der Waals surface area contributed by atoms with Crippen LogP contribution in [0.1, 0.15) is 43.5 Å². The summed E-state index contributed by atoms with van der Waals surface area (Å²) in [7, 11) is 3.13. The minimum Gasteiger partial charge on any atom is -0.497 e. The van der Waals surface area contributed by atoms with E-state index < -0.39 is 6.04 Å². The number of hydrogen-bond donors (Lipinski definition) is 0. The molecule has 0 aliphatic carbocycles. The molecule has 2 heterocycles. The van der Waals surface area contributed by atoms with Crippen molar-refractivity contribution in [1.29, 1.82) is 0 Å². The first-order valence-corrected chi connectivity index (χ1v) is 15.1. The van der Waals surface area contributed by atoms with Gasteiger partial charge in [-0.15, -0.1) is 0 Å². The zero-order valence-electron chi connectivity index (χ0n) is 25.3. The van der Waals surface area contributed by atoms with Gasteiger partial charge in [0.25, 0.3) is 11.5 Å². The molecule has 0 N–H and O–H groups in total. The Morgan fingerprint density at radius 1 is 1.00 bits per heavy atom. The predicted octanol–water partition coefficient (Wildman–Crippen LogP) is 4.84. The van der Waals surface area contributed by atoms with Gasteiger partial charge in [-0.2, -0.15) is 0 Å². The zero-order chi connectivity index (χ0) is 31.4. The summed E-state index contributed by atoms with van der Waals surface area (Å²) in [6, 6.07) is 18.1. The summed E-state index contributed by atoms with van der Waals surface area (Å²) in [5.74, 6) is 1.28. The zero-order valence-corrected chi connectivity index (χ0v) is 26.1. The van der Waals surface area contributed by atoms with E-state index in [1.807, 2.05) is 38.1 Å². The van der Waals surface area contributed by atoms with Crippen LogP contribution in [0.2, 0.25) is 0 Å². The summed E-state index contributed by atoms with van der Waals surface area (Å²) in [5, 5.41) is 0. The first-order chi connectivity index (χ1) is 21.3. The lowest BCUT2D eigenvalue weighted by molar-refractivity contribution is -0.127. The van der Waals surface area contributed by atoms with Gasteiger partial charge >= 0.3 is 0 Å². The van der Waals surface area contributed by atoms with Gasteiger partial charge in [0.05, 0.1) is 30.0 Å². The molecule has 10 heteroatoms. The van der Waals surface area contributed by atoms with E-state index in [1.54, 1.807) is 67.0 Å². The molecule has 5 rings (SSSR count). The number of aromatic nitrogens is 1. The summed E-state index contributed by atoms with van der Waals surface area (Å²) in [4.78, 5) is 35.0. The molecule has 1 atom stereocenters. The van der Waals surface area contributed by atoms with Crippen LogP contribution in [-0.4, -0.2) is 42.7 Å². The predicted molar refractivity (Wildman–Crippen MR) is 168 cm³/mol. The van der Waals surface area contributed by atoms with Crippen molar-refractivity contribution in [2.45, 2.75) is 33.4 Å². The van der Waals surface area contributed by atoms with E-state index in [0.29, 0.717) is 63.1 Å². The van der Waals surface area contributed by atoms with Crippen molar-refractivity contribution in [3.05, 3.63) is 120 Å². The number of benzene rings is 3. The lowest BCUT2D eigenvalue weighted by Gasteiger charge is -2.30. The molecule has 1 aliphatic heterocycles. The maximum Gasteiger partial charge on any atom is 0.271 e. The number of halogens is 1. The largest absolute Gasteiger partial charge is 0.497 e. The Balaban J connectivity index is 1.56.